The first-order chi connectivity index (χ1) is 24.8. The van der Waals surface area contributed by atoms with Gasteiger partial charge in [0.25, 0.3) is 0 Å². The Morgan fingerprint density at radius 3 is 1.32 bits per heavy atom. The lowest BCUT2D eigenvalue weighted by molar-refractivity contribution is 1.29. The van der Waals surface area contributed by atoms with Crippen molar-refractivity contribution in [2.24, 2.45) is 0 Å². The molecule has 0 aliphatic rings. The zero-order chi connectivity index (χ0) is 33.3. The monoisotopic (exact) mass is 655 g/mol. The normalized spacial score (nSPS) is 11.2. The van der Waals surface area contributed by atoms with E-state index in [-0.39, 0.29) is 0 Å². The van der Waals surface area contributed by atoms with Crippen molar-refractivity contribution in [1.29, 1.82) is 0 Å². The number of benzene rings is 8. The molecule has 50 heavy (non-hydrogen) atoms. The summed E-state index contributed by atoms with van der Waals surface area (Å²) in [5, 5.41) is 2.57. The van der Waals surface area contributed by atoms with E-state index >= 15 is 0 Å². The minimum Gasteiger partial charge on any atom is -0.309 e. The molecule has 8 aromatic carbocycles. The summed E-state index contributed by atoms with van der Waals surface area (Å²) in [6.07, 6.45) is 0. The molecular formula is C48H33NS. The van der Waals surface area contributed by atoms with E-state index in [4.69, 9.17) is 0 Å². The van der Waals surface area contributed by atoms with Crippen molar-refractivity contribution in [3.8, 4) is 44.5 Å². The van der Waals surface area contributed by atoms with Crippen molar-refractivity contribution in [2.45, 2.75) is 0 Å². The van der Waals surface area contributed by atoms with Crippen LogP contribution in [0.2, 0.25) is 0 Å². The Kier molecular flexibility index (Phi) is 7.77. The summed E-state index contributed by atoms with van der Waals surface area (Å²) in [7, 11) is 0. The lowest BCUT2D eigenvalue weighted by atomic mass is 9.89. The molecule has 1 nitrogen and oxygen atoms in total. The third-order valence-corrected chi connectivity index (χ3v) is 10.6. The summed E-state index contributed by atoms with van der Waals surface area (Å²) >= 11 is 1.85. The topological polar surface area (TPSA) is 3.24 Å². The predicted molar refractivity (Wildman–Crippen MR) is 216 cm³/mol. The van der Waals surface area contributed by atoms with Gasteiger partial charge in [-0.1, -0.05) is 152 Å². The third kappa shape index (κ3) is 5.56. The summed E-state index contributed by atoms with van der Waals surface area (Å²) in [5.41, 5.74) is 12.8. The van der Waals surface area contributed by atoms with E-state index in [9.17, 15) is 0 Å². The first-order valence-corrected chi connectivity index (χ1v) is 17.8. The van der Waals surface area contributed by atoms with Gasteiger partial charge in [0.1, 0.15) is 0 Å². The predicted octanol–water partition coefficient (Wildman–Crippen LogP) is 14.2. The quantitative estimate of drug-likeness (QED) is 0.165. The Labute approximate surface area is 297 Å². The fourth-order valence-corrected chi connectivity index (χ4v) is 8.13. The van der Waals surface area contributed by atoms with Gasteiger partial charge in [-0.25, -0.2) is 0 Å². The molecule has 0 radical (unpaired) electrons. The molecule has 1 heterocycles. The van der Waals surface area contributed by atoms with E-state index in [0.29, 0.717) is 0 Å². The Morgan fingerprint density at radius 2 is 0.740 bits per heavy atom. The average Bonchev–Trinajstić information content (AvgIpc) is 3.58. The molecular weight excluding hydrogens is 623 g/mol. The molecule has 0 spiro atoms. The lowest BCUT2D eigenvalue weighted by Crippen LogP contribution is -2.13. The zero-order valence-electron chi connectivity index (χ0n) is 27.4. The Balaban J connectivity index is 1.36. The van der Waals surface area contributed by atoms with Crippen molar-refractivity contribution >= 4 is 48.6 Å². The van der Waals surface area contributed by atoms with E-state index in [1.165, 1.54) is 64.7 Å². The van der Waals surface area contributed by atoms with Crippen molar-refractivity contribution in [3.63, 3.8) is 0 Å². The number of rotatable bonds is 7. The van der Waals surface area contributed by atoms with Gasteiger partial charge in [-0.3, -0.25) is 0 Å². The number of fused-ring (bicyclic) bond motifs is 3. The SMILES string of the molecule is c1ccc(-c2ccc(N(c3ccc4sc5ccccc5c4c3)c3c(-c4ccccc4)cc(-c4ccccc4)cc3-c3ccccc3)cc2)cc1. The van der Waals surface area contributed by atoms with Crippen LogP contribution in [0.1, 0.15) is 0 Å². The summed E-state index contributed by atoms with van der Waals surface area (Å²) in [6, 6.07) is 72.5. The molecule has 0 fully saturated rings. The summed E-state index contributed by atoms with van der Waals surface area (Å²) < 4.78 is 2.60. The highest BCUT2D eigenvalue weighted by Gasteiger charge is 2.24. The van der Waals surface area contributed by atoms with Gasteiger partial charge in [-0.15, -0.1) is 11.3 Å². The van der Waals surface area contributed by atoms with Crippen molar-refractivity contribution < 1.29 is 0 Å². The number of nitrogens with zero attached hydrogens (tertiary/aromatic N) is 1. The van der Waals surface area contributed by atoms with Gasteiger partial charge in [0.2, 0.25) is 0 Å². The molecule has 0 saturated carbocycles. The molecule has 236 valence electrons. The fourth-order valence-electron chi connectivity index (χ4n) is 7.04. The van der Waals surface area contributed by atoms with Gasteiger partial charge in [-0.05, 0) is 81.9 Å². The molecule has 9 rings (SSSR count). The maximum atomic E-state index is 2.47. The van der Waals surface area contributed by atoms with E-state index in [1.54, 1.807) is 0 Å². The largest absolute Gasteiger partial charge is 0.309 e. The molecule has 0 unspecified atom stereocenters. The van der Waals surface area contributed by atoms with Crippen LogP contribution in [0.25, 0.3) is 64.7 Å². The van der Waals surface area contributed by atoms with Crippen LogP contribution in [0.15, 0.2) is 200 Å². The molecule has 0 aliphatic heterocycles. The maximum absolute atomic E-state index is 2.47. The van der Waals surface area contributed by atoms with Gasteiger partial charge in [0.15, 0.2) is 0 Å². The summed E-state index contributed by atoms with van der Waals surface area (Å²) in [6.45, 7) is 0. The Hall–Kier alpha value is -6.22. The molecule has 2 heteroatoms. The molecule has 0 atom stereocenters. The van der Waals surface area contributed by atoms with E-state index in [2.05, 4.69) is 205 Å². The Bertz CT molecular complexity index is 2490. The maximum Gasteiger partial charge on any atom is 0.0618 e. The number of thiophene rings is 1. The third-order valence-electron chi connectivity index (χ3n) is 9.46. The molecule has 0 bridgehead atoms. The first-order valence-electron chi connectivity index (χ1n) is 17.0. The summed E-state index contributed by atoms with van der Waals surface area (Å²) in [5.74, 6) is 0. The molecule has 0 N–H and O–H groups in total. The van der Waals surface area contributed by atoms with Gasteiger partial charge >= 0.3 is 0 Å². The van der Waals surface area contributed by atoms with Crippen LogP contribution in [-0.2, 0) is 0 Å². The van der Waals surface area contributed by atoms with Crippen molar-refractivity contribution in [3.05, 3.63) is 200 Å². The van der Waals surface area contributed by atoms with Crippen LogP contribution in [-0.4, -0.2) is 0 Å². The highest BCUT2D eigenvalue weighted by molar-refractivity contribution is 7.25. The minimum atomic E-state index is 1.10. The van der Waals surface area contributed by atoms with Gasteiger partial charge in [0, 0.05) is 42.7 Å². The van der Waals surface area contributed by atoms with Crippen LogP contribution in [0.3, 0.4) is 0 Å². The minimum absolute atomic E-state index is 1.10. The van der Waals surface area contributed by atoms with Crippen LogP contribution < -0.4 is 4.90 Å². The number of anilines is 3. The van der Waals surface area contributed by atoms with Crippen molar-refractivity contribution in [1.82, 2.24) is 0 Å². The zero-order valence-corrected chi connectivity index (χ0v) is 28.2. The second-order valence-electron chi connectivity index (χ2n) is 12.5. The number of hydrogen-bond donors (Lipinski definition) is 0. The highest BCUT2D eigenvalue weighted by Crippen LogP contribution is 2.50. The Morgan fingerprint density at radius 1 is 0.300 bits per heavy atom. The van der Waals surface area contributed by atoms with E-state index in [0.717, 1.165) is 17.1 Å². The molecule has 0 amide bonds. The van der Waals surface area contributed by atoms with Crippen LogP contribution in [0.5, 0.6) is 0 Å². The second kappa shape index (κ2) is 13.0. The molecule has 9 aromatic rings. The van der Waals surface area contributed by atoms with Gasteiger partial charge in [0.05, 0.1) is 5.69 Å². The lowest BCUT2D eigenvalue weighted by Gasteiger charge is -2.31. The average molecular weight is 656 g/mol. The molecule has 0 aliphatic carbocycles. The molecule has 0 saturated heterocycles. The summed E-state index contributed by atoms with van der Waals surface area (Å²) in [4.78, 5) is 2.47. The van der Waals surface area contributed by atoms with Crippen LogP contribution >= 0.6 is 11.3 Å². The smallest absolute Gasteiger partial charge is 0.0618 e. The second-order valence-corrected chi connectivity index (χ2v) is 13.6. The first kappa shape index (κ1) is 29.9. The standard InChI is InChI=1S/C48H33NS/c1-5-15-34(16-6-1)36-25-27-40(28-26-36)49(41-29-30-47-45(33-41)42-23-13-14-24-46(42)50-47)48-43(37-19-9-3-10-20-37)31-39(35-17-7-2-8-18-35)32-44(48)38-21-11-4-12-22-38/h1-33H. The number of hydrogen-bond acceptors (Lipinski definition) is 2. The van der Waals surface area contributed by atoms with Gasteiger partial charge in [-0.2, -0.15) is 0 Å². The van der Waals surface area contributed by atoms with E-state index < -0.39 is 0 Å². The highest BCUT2D eigenvalue weighted by atomic mass is 32.1. The fraction of sp³-hybridized carbons (Fsp3) is 0. The van der Waals surface area contributed by atoms with Crippen LogP contribution in [0, 0.1) is 0 Å². The molecule has 1 aromatic heterocycles. The van der Waals surface area contributed by atoms with E-state index in [1.807, 2.05) is 11.3 Å². The van der Waals surface area contributed by atoms with Crippen LogP contribution in [0.4, 0.5) is 17.1 Å². The van der Waals surface area contributed by atoms with Gasteiger partial charge < -0.3 is 4.90 Å². The van der Waals surface area contributed by atoms with Crippen molar-refractivity contribution in [2.75, 3.05) is 4.90 Å².